The maximum absolute atomic E-state index is 12.5. The maximum atomic E-state index is 12.5. The number of hydrogen-bond acceptors (Lipinski definition) is 9. The second kappa shape index (κ2) is 7.99. The first-order valence-electron chi connectivity index (χ1n) is 10.6. The number of nitrogens with two attached hydrogens (primary N) is 1. The predicted molar refractivity (Wildman–Crippen MR) is 121 cm³/mol. The van der Waals surface area contributed by atoms with Crippen LogP contribution in [0.1, 0.15) is 26.8 Å². The lowest BCUT2D eigenvalue weighted by Gasteiger charge is -2.27. The first-order chi connectivity index (χ1) is 16.2. The van der Waals surface area contributed by atoms with Crippen molar-refractivity contribution in [3.8, 4) is 17.1 Å². The van der Waals surface area contributed by atoms with Crippen LogP contribution in [0.25, 0.3) is 27.9 Å². The second-order valence-electron chi connectivity index (χ2n) is 8.83. The summed E-state index contributed by atoms with van der Waals surface area (Å²) in [6.07, 6.45) is 4.70. The van der Waals surface area contributed by atoms with Crippen LogP contribution in [0.4, 0.5) is 15.3 Å². The van der Waals surface area contributed by atoms with E-state index < -0.39 is 17.8 Å². The topological polar surface area (TPSA) is 148 Å². The lowest BCUT2D eigenvalue weighted by Crippen LogP contribution is -2.38. The number of ether oxygens (including phenoxy) is 3. The summed E-state index contributed by atoms with van der Waals surface area (Å²) >= 11 is 0. The number of nitrogens with zero attached hydrogens (tertiary/aromatic N) is 5. The van der Waals surface area contributed by atoms with Crippen molar-refractivity contribution in [3.05, 3.63) is 37.1 Å². The molecule has 12 nitrogen and oxygen atoms in total. The summed E-state index contributed by atoms with van der Waals surface area (Å²) in [5, 5.41) is 2.55. The van der Waals surface area contributed by atoms with Crippen molar-refractivity contribution in [2.75, 3.05) is 18.9 Å². The normalized spacial score (nSPS) is 14.2. The molecule has 1 aliphatic rings. The number of nitrogens with one attached hydrogen (secondary N) is 1. The maximum Gasteiger partial charge on any atom is 0.423 e. The van der Waals surface area contributed by atoms with E-state index in [4.69, 9.17) is 19.9 Å². The molecule has 0 aliphatic carbocycles. The van der Waals surface area contributed by atoms with Crippen molar-refractivity contribution in [1.29, 1.82) is 0 Å². The van der Waals surface area contributed by atoms with E-state index in [9.17, 15) is 9.59 Å². The molecule has 1 saturated heterocycles. The number of alkyl carbamates (subject to hydrolysis) is 1. The van der Waals surface area contributed by atoms with Crippen LogP contribution < -0.4 is 15.8 Å². The van der Waals surface area contributed by atoms with Gasteiger partial charge in [0.2, 0.25) is 5.88 Å². The van der Waals surface area contributed by atoms with Crippen molar-refractivity contribution in [3.63, 3.8) is 0 Å². The molecule has 34 heavy (non-hydrogen) atoms. The minimum Gasteiger partial charge on any atom is -0.443 e. The Balaban J connectivity index is 1.59. The van der Waals surface area contributed by atoms with Crippen LogP contribution in [0.3, 0.4) is 0 Å². The summed E-state index contributed by atoms with van der Waals surface area (Å²) in [5.41, 5.74) is 8.43. The molecule has 1 aliphatic heterocycles. The highest BCUT2D eigenvalue weighted by atomic mass is 16.6. The van der Waals surface area contributed by atoms with Crippen molar-refractivity contribution < 1.29 is 23.8 Å². The molecular formula is C22H23N7O5. The Morgan fingerprint density at radius 2 is 1.94 bits per heavy atom. The Bertz CT molecular complexity index is 1410. The summed E-state index contributed by atoms with van der Waals surface area (Å²) in [5.74, 6) is -0.00913. The van der Waals surface area contributed by atoms with Gasteiger partial charge in [0.1, 0.15) is 17.6 Å². The zero-order valence-corrected chi connectivity index (χ0v) is 18.8. The number of anilines is 1. The standard InChI is InChI=1S/C22H23N7O5/c1-22(2,3)34-21(31)27-20(30)33-19-16-13(15-5-4-14(23)17-24-6-7-28(15)17)8-29(12-9-32-10-12)18(16)25-11-26-19/h4-8,11-12H,9-10,23H2,1-3H3,(H,27,30,31). The molecule has 4 aromatic heterocycles. The second-order valence-corrected chi connectivity index (χ2v) is 8.83. The molecule has 0 saturated carbocycles. The third kappa shape index (κ3) is 3.88. The molecule has 0 spiro atoms. The zero-order valence-electron chi connectivity index (χ0n) is 18.8. The van der Waals surface area contributed by atoms with E-state index in [0.717, 1.165) is 5.69 Å². The Labute approximate surface area is 193 Å². The highest BCUT2D eigenvalue weighted by Crippen LogP contribution is 2.38. The Hall–Kier alpha value is -4.19. The number of pyridine rings is 1. The number of carbonyl (C=O) groups is 2. The molecule has 12 heteroatoms. The number of amides is 2. The summed E-state index contributed by atoms with van der Waals surface area (Å²) in [4.78, 5) is 37.4. The average Bonchev–Trinajstić information content (AvgIpc) is 3.33. The van der Waals surface area contributed by atoms with Gasteiger partial charge in [-0.15, -0.1) is 0 Å². The van der Waals surface area contributed by atoms with Gasteiger partial charge in [-0.25, -0.2) is 29.9 Å². The number of carbonyl (C=O) groups excluding carboxylic acids is 2. The van der Waals surface area contributed by atoms with E-state index >= 15 is 0 Å². The largest absolute Gasteiger partial charge is 0.443 e. The third-order valence-electron chi connectivity index (χ3n) is 5.24. The zero-order chi connectivity index (χ0) is 24.0. The van der Waals surface area contributed by atoms with Gasteiger partial charge in [0, 0.05) is 24.2 Å². The molecule has 0 atom stereocenters. The highest BCUT2D eigenvalue weighted by Gasteiger charge is 2.28. The SMILES string of the molecule is CC(C)(C)OC(=O)NC(=O)Oc1ncnc2c1c(-c1ccc(N)c3nccn13)cn2C1COC1. The fourth-order valence-corrected chi connectivity index (χ4v) is 3.75. The van der Waals surface area contributed by atoms with E-state index in [2.05, 4.69) is 20.3 Å². The van der Waals surface area contributed by atoms with Crippen molar-refractivity contribution in [2.45, 2.75) is 32.4 Å². The molecule has 4 aromatic rings. The van der Waals surface area contributed by atoms with E-state index in [1.54, 1.807) is 39.2 Å². The van der Waals surface area contributed by atoms with Crippen LogP contribution in [0.15, 0.2) is 37.1 Å². The van der Waals surface area contributed by atoms with Crippen LogP contribution in [-0.4, -0.2) is 54.9 Å². The van der Waals surface area contributed by atoms with Gasteiger partial charge in [-0.05, 0) is 32.9 Å². The first kappa shape index (κ1) is 21.6. The third-order valence-corrected chi connectivity index (χ3v) is 5.24. The van der Waals surface area contributed by atoms with E-state index in [1.807, 2.05) is 21.2 Å². The molecule has 5 rings (SSSR count). The average molecular weight is 465 g/mol. The smallest absolute Gasteiger partial charge is 0.423 e. The number of fused-ring (bicyclic) bond motifs is 2. The Morgan fingerprint density at radius 1 is 1.15 bits per heavy atom. The van der Waals surface area contributed by atoms with Gasteiger partial charge in [0.25, 0.3) is 0 Å². The molecule has 0 aromatic carbocycles. The van der Waals surface area contributed by atoms with Crippen LogP contribution in [0, 0.1) is 0 Å². The van der Waals surface area contributed by atoms with Gasteiger partial charge in [-0.1, -0.05) is 0 Å². The summed E-state index contributed by atoms with van der Waals surface area (Å²) in [7, 11) is 0. The molecule has 176 valence electrons. The monoisotopic (exact) mass is 465 g/mol. The predicted octanol–water partition coefficient (Wildman–Crippen LogP) is 2.92. The number of aromatic nitrogens is 5. The van der Waals surface area contributed by atoms with Crippen LogP contribution >= 0.6 is 0 Å². The quantitative estimate of drug-likeness (QED) is 0.466. The molecule has 0 unspecified atom stereocenters. The molecule has 0 bridgehead atoms. The van der Waals surface area contributed by atoms with Gasteiger partial charge in [-0.3, -0.25) is 4.40 Å². The van der Waals surface area contributed by atoms with E-state index in [1.165, 1.54) is 6.33 Å². The number of imide groups is 1. The Morgan fingerprint density at radius 3 is 2.65 bits per heavy atom. The molecule has 5 heterocycles. The summed E-state index contributed by atoms with van der Waals surface area (Å²) in [6, 6.07) is 3.67. The van der Waals surface area contributed by atoms with Crippen molar-refractivity contribution >= 4 is 34.6 Å². The van der Waals surface area contributed by atoms with Crippen molar-refractivity contribution in [1.82, 2.24) is 29.2 Å². The summed E-state index contributed by atoms with van der Waals surface area (Å²) in [6.45, 7) is 6.13. The number of rotatable bonds is 3. The number of imidazole rings is 1. The summed E-state index contributed by atoms with van der Waals surface area (Å²) < 4.78 is 19.7. The van der Waals surface area contributed by atoms with Crippen LogP contribution in [0.2, 0.25) is 0 Å². The number of hydrogen-bond donors (Lipinski definition) is 2. The highest BCUT2D eigenvalue weighted by molar-refractivity contribution is 5.99. The molecular weight excluding hydrogens is 442 g/mol. The minimum absolute atomic E-state index is 0.00913. The minimum atomic E-state index is -1.02. The Kier molecular flexibility index (Phi) is 5.09. The van der Waals surface area contributed by atoms with Gasteiger partial charge < -0.3 is 24.5 Å². The van der Waals surface area contributed by atoms with E-state index in [-0.39, 0.29) is 11.9 Å². The van der Waals surface area contributed by atoms with Gasteiger partial charge in [0.05, 0.1) is 36.0 Å². The lowest BCUT2D eigenvalue weighted by molar-refractivity contribution is -0.0215. The lowest BCUT2D eigenvalue weighted by atomic mass is 10.1. The molecule has 1 fully saturated rings. The van der Waals surface area contributed by atoms with Gasteiger partial charge >= 0.3 is 12.2 Å². The fourth-order valence-electron chi connectivity index (χ4n) is 3.75. The van der Waals surface area contributed by atoms with Crippen molar-refractivity contribution in [2.24, 2.45) is 0 Å². The molecule has 2 amide bonds. The number of nitrogen functional groups attached to an aromatic ring is 1. The molecule has 0 radical (unpaired) electrons. The van der Waals surface area contributed by atoms with Crippen LogP contribution in [-0.2, 0) is 9.47 Å². The van der Waals surface area contributed by atoms with Crippen LogP contribution in [0.5, 0.6) is 5.88 Å². The first-order valence-corrected chi connectivity index (χ1v) is 10.6. The molecule has 3 N–H and O–H groups in total. The fraction of sp³-hybridized carbons (Fsp3) is 0.318. The van der Waals surface area contributed by atoms with Gasteiger partial charge in [0.15, 0.2) is 5.65 Å². The van der Waals surface area contributed by atoms with Gasteiger partial charge in [-0.2, -0.15) is 0 Å². The van der Waals surface area contributed by atoms with E-state index in [0.29, 0.717) is 41.1 Å².